The third-order valence-electron chi connectivity index (χ3n) is 2.87. The second kappa shape index (κ2) is 6.28. The second-order valence-corrected chi connectivity index (χ2v) is 7.00. The third-order valence-corrected chi connectivity index (χ3v) is 4.26. The zero-order valence-corrected chi connectivity index (χ0v) is 12.9. The van der Waals surface area contributed by atoms with E-state index in [1.165, 1.54) is 12.1 Å². The van der Waals surface area contributed by atoms with E-state index in [0.717, 1.165) is 11.8 Å². The first kappa shape index (κ1) is 15.5. The molecule has 1 N–H and O–H groups in total. The zero-order chi connectivity index (χ0) is 15.5. The van der Waals surface area contributed by atoms with Crippen molar-refractivity contribution in [1.82, 2.24) is 5.32 Å². The molecule has 0 atom stereocenters. The van der Waals surface area contributed by atoms with Gasteiger partial charge in [0.05, 0.1) is 10.5 Å². The van der Waals surface area contributed by atoms with Crippen molar-refractivity contribution in [2.75, 3.05) is 6.26 Å². The minimum Gasteiger partial charge on any atom is -0.348 e. The molecule has 0 saturated carbocycles. The molecule has 0 radical (unpaired) electrons. The van der Waals surface area contributed by atoms with Gasteiger partial charge in [-0.2, -0.15) is 0 Å². The molecule has 0 aliphatic rings. The van der Waals surface area contributed by atoms with Crippen molar-refractivity contribution in [3.8, 4) is 0 Å². The molecular formula is C15H14ClNO3S. The first-order valence-electron chi connectivity index (χ1n) is 6.19. The van der Waals surface area contributed by atoms with E-state index >= 15 is 0 Å². The molecule has 0 unspecified atom stereocenters. The quantitative estimate of drug-likeness (QED) is 0.941. The standard InChI is InChI=1S/C15H14ClNO3S/c1-21(19,20)14-8-3-2-7-13(14)15(18)17-10-11-5-4-6-12(16)9-11/h2-9H,10H2,1H3,(H,17,18). The Hall–Kier alpha value is -1.85. The molecule has 2 aromatic rings. The topological polar surface area (TPSA) is 63.2 Å². The SMILES string of the molecule is CS(=O)(=O)c1ccccc1C(=O)NCc1cccc(Cl)c1. The Balaban J connectivity index is 2.18. The summed E-state index contributed by atoms with van der Waals surface area (Å²) < 4.78 is 23.4. The Kier molecular flexibility index (Phi) is 4.65. The van der Waals surface area contributed by atoms with Gasteiger partial charge >= 0.3 is 0 Å². The summed E-state index contributed by atoms with van der Waals surface area (Å²) in [4.78, 5) is 12.2. The van der Waals surface area contributed by atoms with Crippen molar-refractivity contribution in [1.29, 1.82) is 0 Å². The predicted octanol–water partition coefficient (Wildman–Crippen LogP) is 2.67. The van der Waals surface area contributed by atoms with E-state index in [9.17, 15) is 13.2 Å². The van der Waals surface area contributed by atoms with Gasteiger partial charge in [-0.15, -0.1) is 0 Å². The maximum Gasteiger partial charge on any atom is 0.252 e. The zero-order valence-electron chi connectivity index (χ0n) is 11.3. The van der Waals surface area contributed by atoms with Gasteiger partial charge in [-0.05, 0) is 29.8 Å². The molecule has 0 fully saturated rings. The smallest absolute Gasteiger partial charge is 0.252 e. The summed E-state index contributed by atoms with van der Waals surface area (Å²) in [5, 5.41) is 3.27. The summed E-state index contributed by atoms with van der Waals surface area (Å²) in [5.74, 6) is -0.434. The number of carbonyl (C=O) groups is 1. The van der Waals surface area contributed by atoms with E-state index in [-0.39, 0.29) is 17.0 Å². The van der Waals surface area contributed by atoms with Gasteiger partial charge in [0.15, 0.2) is 9.84 Å². The molecule has 6 heteroatoms. The van der Waals surface area contributed by atoms with Gasteiger partial charge < -0.3 is 5.32 Å². The van der Waals surface area contributed by atoms with Gasteiger partial charge in [0.1, 0.15) is 0 Å². The molecule has 2 rings (SSSR count). The van der Waals surface area contributed by atoms with Gasteiger partial charge in [0, 0.05) is 17.8 Å². The highest BCUT2D eigenvalue weighted by atomic mass is 35.5. The Morgan fingerprint density at radius 1 is 1.14 bits per heavy atom. The van der Waals surface area contributed by atoms with Crippen LogP contribution in [-0.2, 0) is 16.4 Å². The van der Waals surface area contributed by atoms with Crippen LogP contribution in [0, 0.1) is 0 Å². The summed E-state index contributed by atoms with van der Waals surface area (Å²) in [6, 6.07) is 13.2. The van der Waals surface area contributed by atoms with E-state index < -0.39 is 15.7 Å². The number of nitrogens with one attached hydrogen (secondary N) is 1. The number of amides is 1. The van der Waals surface area contributed by atoms with Crippen molar-refractivity contribution < 1.29 is 13.2 Å². The molecule has 4 nitrogen and oxygen atoms in total. The monoisotopic (exact) mass is 323 g/mol. The first-order valence-corrected chi connectivity index (χ1v) is 8.46. The summed E-state index contributed by atoms with van der Waals surface area (Å²) in [6.45, 7) is 0.275. The van der Waals surface area contributed by atoms with Crippen molar-refractivity contribution in [2.24, 2.45) is 0 Å². The molecule has 0 saturated heterocycles. The minimum absolute atomic E-state index is 0.0218. The number of benzene rings is 2. The van der Waals surface area contributed by atoms with Crippen LogP contribution in [0.25, 0.3) is 0 Å². The lowest BCUT2D eigenvalue weighted by Crippen LogP contribution is -2.24. The lowest BCUT2D eigenvalue weighted by molar-refractivity contribution is 0.0947. The number of hydrogen-bond donors (Lipinski definition) is 1. The Morgan fingerprint density at radius 3 is 2.52 bits per heavy atom. The molecule has 0 aliphatic carbocycles. The first-order chi connectivity index (χ1) is 9.88. The summed E-state index contributed by atoms with van der Waals surface area (Å²) >= 11 is 5.87. The van der Waals surface area contributed by atoms with Crippen LogP contribution in [0.2, 0.25) is 5.02 Å². The summed E-state index contributed by atoms with van der Waals surface area (Å²) in [5.41, 5.74) is 0.981. The Bertz CT molecular complexity index is 772. The van der Waals surface area contributed by atoms with E-state index in [0.29, 0.717) is 5.02 Å². The van der Waals surface area contributed by atoms with Crippen molar-refractivity contribution >= 4 is 27.3 Å². The van der Waals surface area contributed by atoms with Crippen LogP contribution >= 0.6 is 11.6 Å². The number of halogens is 1. The van der Waals surface area contributed by atoms with Crippen LogP contribution in [0.4, 0.5) is 0 Å². The lowest BCUT2D eigenvalue weighted by atomic mass is 10.2. The molecule has 0 spiro atoms. The fourth-order valence-corrected chi connectivity index (χ4v) is 3.00. The molecule has 2 aromatic carbocycles. The highest BCUT2D eigenvalue weighted by molar-refractivity contribution is 7.90. The summed E-state index contributed by atoms with van der Waals surface area (Å²) in [7, 11) is -3.45. The van der Waals surface area contributed by atoms with Gasteiger partial charge in [-0.3, -0.25) is 4.79 Å². The normalized spacial score (nSPS) is 11.1. The van der Waals surface area contributed by atoms with Gasteiger partial charge in [0.25, 0.3) is 5.91 Å². The maximum atomic E-state index is 12.2. The fraction of sp³-hybridized carbons (Fsp3) is 0.133. The van der Waals surface area contributed by atoms with Crippen molar-refractivity contribution in [3.63, 3.8) is 0 Å². The third kappa shape index (κ3) is 4.06. The van der Waals surface area contributed by atoms with Crippen molar-refractivity contribution in [2.45, 2.75) is 11.4 Å². The number of hydrogen-bond acceptors (Lipinski definition) is 3. The average molecular weight is 324 g/mol. The molecular weight excluding hydrogens is 310 g/mol. The maximum absolute atomic E-state index is 12.2. The van der Waals surface area contributed by atoms with Crippen LogP contribution in [-0.4, -0.2) is 20.6 Å². The van der Waals surface area contributed by atoms with Crippen LogP contribution in [0.5, 0.6) is 0 Å². The van der Waals surface area contributed by atoms with Crippen LogP contribution in [0.15, 0.2) is 53.4 Å². The highest BCUT2D eigenvalue weighted by Crippen LogP contribution is 2.15. The van der Waals surface area contributed by atoms with Crippen LogP contribution < -0.4 is 5.32 Å². The highest BCUT2D eigenvalue weighted by Gasteiger charge is 2.17. The number of rotatable bonds is 4. The second-order valence-electron chi connectivity index (χ2n) is 4.58. The van der Waals surface area contributed by atoms with Crippen LogP contribution in [0.3, 0.4) is 0 Å². The average Bonchev–Trinajstić information content (AvgIpc) is 2.44. The van der Waals surface area contributed by atoms with Gasteiger partial charge in [0.2, 0.25) is 0 Å². The number of sulfone groups is 1. The fourth-order valence-electron chi connectivity index (χ4n) is 1.90. The van der Waals surface area contributed by atoms with Gasteiger partial charge in [-0.25, -0.2) is 8.42 Å². The lowest BCUT2D eigenvalue weighted by Gasteiger charge is -2.09. The predicted molar refractivity (Wildman–Crippen MR) is 82.2 cm³/mol. The Morgan fingerprint density at radius 2 is 1.86 bits per heavy atom. The molecule has 0 bridgehead atoms. The molecule has 1 amide bonds. The summed E-state index contributed by atoms with van der Waals surface area (Å²) in [6.07, 6.45) is 1.08. The molecule has 110 valence electrons. The molecule has 0 aliphatic heterocycles. The Labute approximate surface area is 128 Å². The van der Waals surface area contributed by atoms with E-state index in [1.807, 2.05) is 6.07 Å². The van der Waals surface area contributed by atoms with Crippen molar-refractivity contribution in [3.05, 3.63) is 64.7 Å². The van der Waals surface area contributed by atoms with E-state index in [2.05, 4.69) is 5.32 Å². The van der Waals surface area contributed by atoms with Crippen LogP contribution in [0.1, 0.15) is 15.9 Å². The molecule has 0 aromatic heterocycles. The van der Waals surface area contributed by atoms with E-state index in [4.69, 9.17) is 11.6 Å². The minimum atomic E-state index is -3.45. The van der Waals surface area contributed by atoms with E-state index in [1.54, 1.807) is 30.3 Å². The molecule has 0 heterocycles. The molecule has 21 heavy (non-hydrogen) atoms. The largest absolute Gasteiger partial charge is 0.348 e. The van der Waals surface area contributed by atoms with Gasteiger partial charge in [-0.1, -0.05) is 35.9 Å². The number of carbonyl (C=O) groups excluding carboxylic acids is 1.